The van der Waals surface area contributed by atoms with Crippen LogP contribution in [0.5, 0.6) is 0 Å². The first-order valence-corrected chi connectivity index (χ1v) is 5.10. The molecule has 1 aromatic rings. The van der Waals surface area contributed by atoms with Crippen molar-refractivity contribution < 1.29 is 9.47 Å². The summed E-state index contributed by atoms with van der Waals surface area (Å²) in [5, 5.41) is 3.14. The maximum absolute atomic E-state index is 5.19. The highest BCUT2D eigenvalue weighted by molar-refractivity contribution is 5.24. The Morgan fingerprint density at radius 1 is 1.38 bits per heavy atom. The van der Waals surface area contributed by atoms with Crippen LogP contribution >= 0.6 is 0 Å². The summed E-state index contributed by atoms with van der Waals surface area (Å²) >= 11 is 0. The average Bonchev–Trinajstić information content (AvgIpc) is 2.32. The average molecular weight is 219 g/mol. The standard InChI is InChI=1S/C13H17NO2/c1-4-8-14-10-11-6-5-7-12(9-11)13(15-2)16-3/h1,5-7,9,13-14H,8,10H2,2-3H3. The van der Waals surface area contributed by atoms with Gasteiger partial charge in [-0.25, -0.2) is 0 Å². The summed E-state index contributed by atoms with van der Waals surface area (Å²) in [6.45, 7) is 1.32. The van der Waals surface area contributed by atoms with Crippen molar-refractivity contribution >= 4 is 0 Å². The van der Waals surface area contributed by atoms with E-state index in [1.807, 2.05) is 24.3 Å². The van der Waals surface area contributed by atoms with Gasteiger partial charge in [0.25, 0.3) is 0 Å². The minimum atomic E-state index is -0.312. The van der Waals surface area contributed by atoms with Crippen LogP contribution < -0.4 is 5.32 Å². The summed E-state index contributed by atoms with van der Waals surface area (Å²) in [7, 11) is 3.24. The molecule has 0 atom stereocenters. The lowest BCUT2D eigenvalue weighted by Gasteiger charge is -2.14. The van der Waals surface area contributed by atoms with Gasteiger partial charge in [-0.1, -0.05) is 24.1 Å². The topological polar surface area (TPSA) is 30.5 Å². The molecule has 1 N–H and O–H groups in total. The number of terminal acetylenes is 1. The number of methoxy groups -OCH3 is 2. The fourth-order valence-corrected chi connectivity index (χ4v) is 1.50. The van der Waals surface area contributed by atoms with E-state index < -0.39 is 0 Å². The summed E-state index contributed by atoms with van der Waals surface area (Å²) in [4.78, 5) is 0. The van der Waals surface area contributed by atoms with Crippen molar-refractivity contribution in [3.05, 3.63) is 35.4 Å². The van der Waals surface area contributed by atoms with E-state index in [0.29, 0.717) is 6.54 Å². The summed E-state index contributed by atoms with van der Waals surface area (Å²) < 4.78 is 10.4. The molecule has 0 saturated carbocycles. The Balaban J connectivity index is 2.67. The number of benzene rings is 1. The number of hydrogen-bond donors (Lipinski definition) is 1. The van der Waals surface area contributed by atoms with Crippen LogP contribution in [0.1, 0.15) is 17.4 Å². The predicted molar refractivity (Wildman–Crippen MR) is 63.7 cm³/mol. The molecule has 16 heavy (non-hydrogen) atoms. The molecule has 0 amide bonds. The molecule has 0 heterocycles. The van der Waals surface area contributed by atoms with Crippen LogP contribution in [0.15, 0.2) is 24.3 Å². The zero-order valence-electron chi connectivity index (χ0n) is 9.69. The Morgan fingerprint density at radius 3 is 2.75 bits per heavy atom. The van der Waals surface area contributed by atoms with Gasteiger partial charge in [-0.2, -0.15) is 0 Å². The maximum atomic E-state index is 5.19. The normalized spacial score (nSPS) is 10.4. The van der Waals surface area contributed by atoms with Crippen LogP contribution in [-0.2, 0) is 16.0 Å². The number of ether oxygens (including phenoxy) is 2. The first-order valence-electron chi connectivity index (χ1n) is 5.10. The molecule has 0 saturated heterocycles. The van der Waals surface area contributed by atoms with E-state index in [9.17, 15) is 0 Å². The van der Waals surface area contributed by atoms with Crippen LogP contribution in [0.3, 0.4) is 0 Å². The van der Waals surface area contributed by atoms with E-state index >= 15 is 0 Å². The molecule has 3 nitrogen and oxygen atoms in total. The van der Waals surface area contributed by atoms with E-state index in [4.69, 9.17) is 15.9 Å². The molecular weight excluding hydrogens is 202 g/mol. The van der Waals surface area contributed by atoms with Crippen LogP contribution in [-0.4, -0.2) is 20.8 Å². The van der Waals surface area contributed by atoms with E-state index in [1.165, 1.54) is 0 Å². The van der Waals surface area contributed by atoms with E-state index in [1.54, 1.807) is 14.2 Å². The van der Waals surface area contributed by atoms with Crippen molar-refractivity contribution in [3.8, 4) is 12.3 Å². The summed E-state index contributed by atoms with van der Waals surface area (Å²) in [6, 6.07) is 8.03. The minimum absolute atomic E-state index is 0.312. The van der Waals surface area contributed by atoms with Gasteiger partial charge in [-0.3, -0.25) is 0 Å². The van der Waals surface area contributed by atoms with Crippen molar-refractivity contribution in [3.63, 3.8) is 0 Å². The van der Waals surface area contributed by atoms with Gasteiger partial charge in [0.2, 0.25) is 0 Å². The van der Waals surface area contributed by atoms with Crippen LogP contribution in [0.25, 0.3) is 0 Å². The lowest BCUT2D eigenvalue weighted by molar-refractivity contribution is -0.106. The number of rotatable bonds is 6. The van der Waals surface area contributed by atoms with Crippen molar-refractivity contribution in [2.24, 2.45) is 0 Å². The molecule has 0 aliphatic carbocycles. The van der Waals surface area contributed by atoms with Crippen molar-refractivity contribution in [1.29, 1.82) is 0 Å². The van der Waals surface area contributed by atoms with Gasteiger partial charge in [-0.15, -0.1) is 6.42 Å². The Bertz CT molecular complexity index is 353. The third-order valence-corrected chi connectivity index (χ3v) is 2.21. The largest absolute Gasteiger partial charge is 0.352 e. The second-order valence-electron chi connectivity index (χ2n) is 3.36. The highest BCUT2D eigenvalue weighted by Gasteiger charge is 2.08. The van der Waals surface area contributed by atoms with Crippen molar-refractivity contribution in [2.45, 2.75) is 12.8 Å². The summed E-state index contributed by atoms with van der Waals surface area (Å²) in [5.41, 5.74) is 2.16. The second-order valence-corrected chi connectivity index (χ2v) is 3.36. The molecule has 1 aromatic carbocycles. The van der Waals surface area contributed by atoms with Gasteiger partial charge in [-0.05, 0) is 11.6 Å². The van der Waals surface area contributed by atoms with Crippen molar-refractivity contribution in [2.75, 3.05) is 20.8 Å². The monoisotopic (exact) mass is 219 g/mol. The van der Waals surface area contributed by atoms with Gasteiger partial charge < -0.3 is 14.8 Å². The second kappa shape index (κ2) is 7.02. The Kier molecular flexibility index (Phi) is 5.58. The predicted octanol–water partition coefficient (Wildman–Crippen LogP) is 1.70. The first kappa shape index (κ1) is 12.7. The molecule has 3 heteroatoms. The van der Waals surface area contributed by atoms with Gasteiger partial charge in [0.15, 0.2) is 6.29 Å². The Morgan fingerprint density at radius 2 is 2.12 bits per heavy atom. The minimum Gasteiger partial charge on any atom is -0.352 e. The van der Waals surface area contributed by atoms with E-state index in [0.717, 1.165) is 17.7 Å². The molecule has 0 aliphatic heterocycles. The maximum Gasteiger partial charge on any atom is 0.183 e. The molecule has 0 spiro atoms. The lowest BCUT2D eigenvalue weighted by Crippen LogP contribution is -2.13. The van der Waals surface area contributed by atoms with Gasteiger partial charge >= 0.3 is 0 Å². The van der Waals surface area contributed by atoms with Gasteiger partial charge in [0, 0.05) is 26.3 Å². The highest BCUT2D eigenvalue weighted by atomic mass is 16.7. The molecule has 0 fully saturated rings. The fourth-order valence-electron chi connectivity index (χ4n) is 1.50. The molecule has 0 bridgehead atoms. The third kappa shape index (κ3) is 3.67. The summed E-state index contributed by atoms with van der Waals surface area (Å²) in [5.74, 6) is 2.54. The zero-order chi connectivity index (χ0) is 11.8. The van der Waals surface area contributed by atoms with Crippen LogP contribution in [0.2, 0.25) is 0 Å². The molecule has 1 rings (SSSR count). The molecule has 86 valence electrons. The lowest BCUT2D eigenvalue weighted by atomic mass is 10.1. The fraction of sp³-hybridized carbons (Fsp3) is 0.385. The van der Waals surface area contributed by atoms with E-state index in [-0.39, 0.29) is 6.29 Å². The number of hydrogen-bond acceptors (Lipinski definition) is 3. The quantitative estimate of drug-likeness (QED) is 0.449. The first-order chi connectivity index (χ1) is 7.81. The van der Waals surface area contributed by atoms with Crippen LogP contribution in [0, 0.1) is 12.3 Å². The molecule has 0 radical (unpaired) electrons. The van der Waals surface area contributed by atoms with Crippen molar-refractivity contribution in [1.82, 2.24) is 5.32 Å². The molecule has 0 aliphatic rings. The molecule has 0 aromatic heterocycles. The SMILES string of the molecule is C#CCNCc1cccc(C(OC)OC)c1. The van der Waals surface area contributed by atoms with Gasteiger partial charge in [0.1, 0.15) is 0 Å². The smallest absolute Gasteiger partial charge is 0.183 e. The number of nitrogens with one attached hydrogen (secondary N) is 1. The highest BCUT2D eigenvalue weighted by Crippen LogP contribution is 2.18. The van der Waals surface area contributed by atoms with E-state index in [2.05, 4.69) is 11.2 Å². The third-order valence-electron chi connectivity index (χ3n) is 2.21. The Hall–Kier alpha value is -1.34. The molecule has 0 unspecified atom stereocenters. The molecular formula is C13H17NO2. The zero-order valence-corrected chi connectivity index (χ0v) is 9.69. The van der Waals surface area contributed by atoms with Crippen LogP contribution in [0.4, 0.5) is 0 Å². The van der Waals surface area contributed by atoms with Gasteiger partial charge in [0.05, 0.1) is 6.54 Å². The Labute approximate surface area is 96.8 Å². The summed E-state index contributed by atoms with van der Waals surface area (Å²) in [6.07, 6.45) is 4.85.